The van der Waals surface area contributed by atoms with Crippen LogP contribution in [0.3, 0.4) is 0 Å². The number of nitrogens with zero attached hydrogens (tertiary/aromatic N) is 3. The fourth-order valence-electron chi connectivity index (χ4n) is 3.47. The fourth-order valence-corrected chi connectivity index (χ4v) is 3.47. The topological polar surface area (TPSA) is 69.7 Å². The SMILES string of the molecule is CCN(CC)c1ccc(NC(=O)NC[C@H]2CN(Cc3ccccc3)CCO2)cn1. The summed E-state index contributed by atoms with van der Waals surface area (Å²) < 4.78 is 5.81. The van der Waals surface area contributed by atoms with Crippen molar-refractivity contribution in [3.8, 4) is 0 Å². The van der Waals surface area contributed by atoms with Crippen LogP contribution in [-0.2, 0) is 11.3 Å². The van der Waals surface area contributed by atoms with Crippen molar-refractivity contribution in [3.63, 3.8) is 0 Å². The maximum Gasteiger partial charge on any atom is 0.319 e. The van der Waals surface area contributed by atoms with Crippen LogP contribution in [0.15, 0.2) is 48.7 Å². The normalized spacial score (nSPS) is 17.0. The third-order valence-corrected chi connectivity index (χ3v) is 5.06. The molecule has 0 bridgehead atoms. The molecule has 1 aromatic carbocycles. The number of amides is 2. The van der Waals surface area contributed by atoms with Gasteiger partial charge < -0.3 is 20.3 Å². The summed E-state index contributed by atoms with van der Waals surface area (Å²) in [5.41, 5.74) is 1.97. The predicted octanol–water partition coefficient (Wildman–Crippen LogP) is 2.95. The van der Waals surface area contributed by atoms with Gasteiger partial charge in [0.2, 0.25) is 0 Å². The van der Waals surface area contributed by atoms with Gasteiger partial charge in [-0.2, -0.15) is 0 Å². The van der Waals surface area contributed by atoms with E-state index < -0.39 is 0 Å². The number of benzene rings is 1. The Morgan fingerprint density at radius 1 is 1.21 bits per heavy atom. The molecule has 2 heterocycles. The highest BCUT2D eigenvalue weighted by atomic mass is 16.5. The van der Waals surface area contributed by atoms with E-state index in [4.69, 9.17) is 4.74 Å². The molecule has 2 aromatic rings. The lowest BCUT2D eigenvalue weighted by Gasteiger charge is -2.33. The Morgan fingerprint density at radius 3 is 2.69 bits per heavy atom. The summed E-state index contributed by atoms with van der Waals surface area (Å²) in [5, 5.41) is 5.74. The molecule has 7 heteroatoms. The molecule has 7 nitrogen and oxygen atoms in total. The maximum atomic E-state index is 12.2. The lowest BCUT2D eigenvalue weighted by Crippen LogP contribution is -2.47. The Kier molecular flexibility index (Phi) is 7.84. The first-order valence-corrected chi connectivity index (χ1v) is 10.3. The van der Waals surface area contributed by atoms with Crippen LogP contribution >= 0.6 is 0 Å². The van der Waals surface area contributed by atoms with E-state index in [0.717, 1.165) is 38.5 Å². The van der Waals surface area contributed by atoms with Gasteiger partial charge in [-0.15, -0.1) is 0 Å². The minimum Gasteiger partial charge on any atom is -0.374 e. The van der Waals surface area contributed by atoms with Gasteiger partial charge in [-0.25, -0.2) is 9.78 Å². The van der Waals surface area contributed by atoms with E-state index >= 15 is 0 Å². The van der Waals surface area contributed by atoms with Gasteiger partial charge in [-0.05, 0) is 31.5 Å². The number of carbonyl (C=O) groups excluding carboxylic acids is 1. The third kappa shape index (κ3) is 6.44. The molecule has 29 heavy (non-hydrogen) atoms. The number of hydrogen-bond acceptors (Lipinski definition) is 5. The summed E-state index contributed by atoms with van der Waals surface area (Å²) in [6, 6.07) is 14.0. The number of aromatic nitrogens is 1. The summed E-state index contributed by atoms with van der Waals surface area (Å²) in [7, 11) is 0. The van der Waals surface area contributed by atoms with Crippen LogP contribution in [0, 0.1) is 0 Å². The predicted molar refractivity (Wildman–Crippen MR) is 116 cm³/mol. The number of anilines is 2. The lowest BCUT2D eigenvalue weighted by atomic mass is 10.2. The van der Waals surface area contributed by atoms with E-state index in [9.17, 15) is 4.79 Å². The number of urea groups is 1. The maximum absolute atomic E-state index is 12.2. The van der Waals surface area contributed by atoms with Crippen LogP contribution in [0.4, 0.5) is 16.3 Å². The molecule has 2 amide bonds. The van der Waals surface area contributed by atoms with Crippen molar-refractivity contribution >= 4 is 17.5 Å². The van der Waals surface area contributed by atoms with Gasteiger partial charge in [0.05, 0.1) is 24.6 Å². The lowest BCUT2D eigenvalue weighted by molar-refractivity contribution is -0.0285. The number of ether oxygens (including phenoxy) is 1. The first-order valence-electron chi connectivity index (χ1n) is 10.3. The molecule has 156 valence electrons. The molecule has 0 radical (unpaired) electrons. The van der Waals surface area contributed by atoms with Crippen molar-refractivity contribution in [2.24, 2.45) is 0 Å². The largest absolute Gasteiger partial charge is 0.374 e. The van der Waals surface area contributed by atoms with Crippen LogP contribution in [0.1, 0.15) is 19.4 Å². The average molecular weight is 398 g/mol. The molecule has 2 N–H and O–H groups in total. The highest BCUT2D eigenvalue weighted by Gasteiger charge is 2.21. The summed E-state index contributed by atoms with van der Waals surface area (Å²) in [6.07, 6.45) is 1.67. The van der Waals surface area contributed by atoms with E-state index in [1.165, 1.54) is 5.56 Å². The van der Waals surface area contributed by atoms with E-state index in [1.807, 2.05) is 18.2 Å². The molecular weight excluding hydrogens is 366 g/mol. The zero-order valence-corrected chi connectivity index (χ0v) is 17.3. The van der Waals surface area contributed by atoms with Gasteiger partial charge in [-0.3, -0.25) is 4.90 Å². The highest BCUT2D eigenvalue weighted by molar-refractivity contribution is 5.89. The van der Waals surface area contributed by atoms with E-state index in [-0.39, 0.29) is 12.1 Å². The third-order valence-electron chi connectivity index (χ3n) is 5.06. The molecule has 1 aliphatic rings. The minimum atomic E-state index is -0.244. The molecule has 0 unspecified atom stereocenters. The molecule has 3 rings (SSSR count). The number of hydrogen-bond donors (Lipinski definition) is 2. The fraction of sp³-hybridized carbons (Fsp3) is 0.455. The van der Waals surface area contributed by atoms with Gasteiger partial charge in [0.1, 0.15) is 5.82 Å². The molecule has 1 saturated heterocycles. The van der Waals surface area contributed by atoms with E-state index in [0.29, 0.717) is 18.8 Å². The van der Waals surface area contributed by atoms with Crippen molar-refractivity contribution in [2.45, 2.75) is 26.5 Å². The van der Waals surface area contributed by atoms with Crippen LogP contribution in [-0.4, -0.2) is 61.3 Å². The molecule has 1 aromatic heterocycles. The summed E-state index contributed by atoms with van der Waals surface area (Å²) in [6.45, 7) is 9.76. The van der Waals surface area contributed by atoms with Crippen molar-refractivity contribution < 1.29 is 9.53 Å². The zero-order chi connectivity index (χ0) is 20.5. The van der Waals surface area contributed by atoms with Gasteiger partial charge in [0, 0.05) is 39.3 Å². The number of rotatable bonds is 8. The molecule has 0 saturated carbocycles. The standard InChI is InChI=1S/C22H31N5O2/c1-3-27(4-2)21-11-10-19(14-23-21)25-22(28)24-15-20-17-26(12-13-29-20)16-18-8-6-5-7-9-18/h5-11,14,20H,3-4,12-13,15-17H2,1-2H3,(H2,24,25,28)/t20-/m0/s1. The number of morpholine rings is 1. The number of nitrogens with one attached hydrogen (secondary N) is 2. The van der Waals surface area contributed by atoms with Gasteiger partial charge in [-0.1, -0.05) is 30.3 Å². The summed E-state index contributed by atoms with van der Waals surface area (Å²) >= 11 is 0. The van der Waals surface area contributed by atoms with E-state index in [2.05, 4.69) is 63.5 Å². The molecule has 0 aliphatic carbocycles. The van der Waals surface area contributed by atoms with Crippen molar-refractivity contribution in [1.82, 2.24) is 15.2 Å². The van der Waals surface area contributed by atoms with Gasteiger partial charge in [0.15, 0.2) is 0 Å². The first-order chi connectivity index (χ1) is 14.2. The second kappa shape index (κ2) is 10.8. The van der Waals surface area contributed by atoms with Crippen LogP contribution in [0.2, 0.25) is 0 Å². The molecule has 1 aliphatic heterocycles. The van der Waals surface area contributed by atoms with Gasteiger partial charge in [0.25, 0.3) is 0 Å². The second-order valence-corrected chi connectivity index (χ2v) is 7.13. The summed E-state index contributed by atoms with van der Waals surface area (Å²) in [5.74, 6) is 0.912. The number of carbonyl (C=O) groups is 1. The Balaban J connectivity index is 1.43. The van der Waals surface area contributed by atoms with Crippen molar-refractivity contribution in [3.05, 3.63) is 54.2 Å². The molecule has 1 atom stereocenters. The van der Waals surface area contributed by atoms with Crippen molar-refractivity contribution in [1.29, 1.82) is 0 Å². The smallest absolute Gasteiger partial charge is 0.319 e. The number of pyridine rings is 1. The second-order valence-electron chi connectivity index (χ2n) is 7.13. The summed E-state index contributed by atoms with van der Waals surface area (Å²) in [4.78, 5) is 21.2. The Hall–Kier alpha value is -2.64. The molecular formula is C22H31N5O2. The Bertz CT molecular complexity index is 750. The van der Waals surface area contributed by atoms with E-state index in [1.54, 1.807) is 6.20 Å². The first kappa shape index (κ1) is 21.1. The monoisotopic (exact) mass is 397 g/mol. The van der Waals surface area contributed by atoms with Crippen LogP contribution in [0.25, 0.3) is 0 Å². The van der Waals surface area contributed by atoms with Crippen LogP contribution < -0.4 is 15.5 Å². The zero-order valence-electron chi connectivity index (χ0n) is 17.3. The molecule has 0 spiro atoms. The molecule has 1 fully saturated rings. The quantitative estimate of drug-likeness (QED) is 0.717. The highest BCUT2D eigenvalue weighted by Crippen LogP contribution is 2.14. The minimum absolute atomic E-state index is 0.0126. The Labute approximate surface area is 173 Å². The Morgan fingerprint density at radius 2 is 2.00 bits per heavy atom. The average Bonchev–Trinajstić information content (AvgIpc) is 2.75. The van der Waals surface area contributed by atoms with Gasteiger partial charge >= 0.3 is 6.03 Å². The van der Waals surface area contributed by atoms with Crippen molar-refractivity contribution in [2.75, 3.05) is 49.5 Å². The van der Waals surface area contributed by atoms with Crippen LogP contribution in [0.5, 0.6) is 0 Å².